The average Bonchev–Trinajstić information content (AvgIpc) is 3.43. The smallest absolute Gasteiger partial charge is 0.236 e. The molecule has 9 heteroatoms. The molecule has 0 spiro atoms. The molecule has 0 bridgehead atoms. The Morgan fingerprint density at radius 3 is 2.80 bits per heavy atom. The summed E-state index contributed by atoms with van der Waals surface area (Å²) in [5.74, 6) is 0.583. The molecule has 1 N–H and O–H groups in total. The molecule has 8 nitrogen and oxygen atoms in total. The van der Waals surface area contributed by atoms with Crippen molar-refractivity contribution in [1.29, 1.82) is 5.26 Å². The maximum absolute atomic E-state index is 12.8. The van der Waals surface area contributed by atoms with Gasteiger partial charge in [0.05, 0.1) is 17.4 Å². The van der Waals surface area contributed by atoms with Crippen LogP contribution in [-0.4, -0.2) is 36.4 Å². The number of rotatable bonds is 6. The number of tetrazole rings is 1. The predicted octanol–water partition coefficient (Wildman–Crippen LogP) is 3.28. The molecule has 0 radical (unpaired) electrons. The normalized spacial score (nSPS) is 15.4. The van der Waals surface area contributed by atoms with Gasteiger partial charge in [-0.3, -0.25) is 9.36 Å². The highest BCUT2D eigenvalue weighted by atomic mass is 32.2. The number of fused-ring (bicyclic) bond motifs is 1. The van der Waals surface area contributed by atoms with Crippen LogP contribution in [0.3, 0.4) is 0 Å². The van der Waals surface area contributed by atoms with Crippen LogP contribution in [0.25, 0.3) is 5.69 Å². The zero-order valence-electron chi connectivity index (χ0n) is 16.4. The van der Waals surface area contributed by atoms with Crippen molar-refractivity contribution < 1.29 is 4.79 Å². The molecule has 2 aromatic heterocycles. The van der Waals surface area contributed by atoms with Gasteiger partial charge in [0.15, 0.2) is 0 Å². The van der Waals surface area contributed by atoms with Crippen LogP contribution >= 0.6 is 11.8 Å². The molecule has 0 saturated heterocycles. The second-order valence-corrected chi connectivity index (χ2v) is 8.56. The van der Waals surface area contributed by atoms with Crippen molar-refractivity contribution in [3.8, 4) is 11.8 Å². The van der Waals surface area contributed by atoms with Crippen molar-refractivity contribution >= 4 is 23.5 Å². The van der Waals surface area contributed by atoms with E-state index in [0.717, 1.165) is 55.5 Å². The van der Waals surface area contributed by atoms with Gasteiger partial charge in [-0.2, -0.15) is 5.26 Å². The summed E-state index contributed by atoms with van der Waals surface area (Å²) in [6.07, 6.45) is 6.07. The Balaban J connectivity index is 1.43. The van der Waals surface area contributed by atoms with Gasteiger partial charge in [0.2, 0.25) is 11.1 Å². The molecule has 0 aliphatic heterocycles. The minimum Gasteiger partial charge on any atom is -0.310 e. The summed E-state index contributed by atoms with van der Waals surface area (Å²) < 4.78 is 3.84. The molecule has 5 rings (SSSR count). The number of nitriles is 1. The predicted molar refractivity (Wildman–Crippen MR) is 113 cm³/mol. The van der Waals surface area contributed by atoms with E-state index in [4.69, 9.17) is 0 Å². The van der Waals surface area contributed by atoms with Crippen LogP contribution in [0.5, 0.6) is 0 Å². The first-order valence-corrected chi connectivity index (χ1v) is 11.2. The maximum atomic E-state index is 12.8. The fourth-order valence-corrected chi connectivity index (χ4v) is 4.77. The van der Waals surface area contributed by atoms with Gasteiger partial charge in [0, 0.05) is 11.4 Å². The minimum absolute atomic E-state index is 0.172. The van der Waals surface area contributed by atoms with E-state index >= 15 is 0 Å². The molecule has 1 amide bonds. The number of amides is 1. The van der Waals surface area contributed by atoms with Gasteiger partial charge in [-0.05, 0) is 66.6 Å². The molecule has 2 aliphatic carbocycles. The molecule has 1 fully saturated rings. The Morgan fingerprint density at radius 2 is 2.03 bits per heavy atom. The summed E-state index contributed by atoms with van der Waals surface area (Å²) in [4.78, 5) is 12.8. The SMILES string of the molecule is N#Cc1c2c(n(-c3ccccc3)c1NC(=O)CSc1nnnn1C1CC1)CCCC2. The van der Waals surface area contributed by atoms with Crippen molar-refractivity contribution in [2.24, 2.45) is 0 Å². The van der Waals surface area contributed by atoms with E-state index in [1.54, 1.807) is 4.68 Å². The molecule has 152 valence electrons. The Morgan fingerprint density at radius 1 is 1.23 bits per heavy atom. The molecule has 1 aromatic carbocycles. The van der Waals surface area contributed by atoms with Crippen molar-refractivity contribution in [2.75, 3.05) is 11.1 Å². The van der Waals surface area contributed by atoms with Crippen LogP contribution in [-0.2, 0) is 17.6 Å². The Bertz CT molecular complexity index is 1120. The van der Waals surface area contributed by atoms with Gasteiger partial charge >= 0.3 is 0 Å². The molecule has 1 saturated carbocycles. The fourth-order valence-electron chi connectivity index (χ4n) is 4.02. The first-order chi connectivity index (χ1) is 14.8. The standard InChI is InChI=1S/C21H21N7OS/c22-12-17-16-8-4-5-9-18(16)27(14-6-2-1-3-7-14)20(17)23-19(29)13-30-21-24-25-26-28(21)15-10-11-15/h1-3,6-7,15H,4-5,8-11,13H2,(H,23,29). The minimum atomic E-state index is -0.172. The molecular formula is C21H21N7OS. The summed E-state index contributed by atoms with van der Waals surface area (Å²) in [7, 11) is 0. The Hall–Kier alpha value is -3.12. The average molecular weight is 420 g/mol. The van der Waals surface area contributed by atoms with Crippen molar-refractivity contribution in [1.82, 2.24) is 24.8 Å². The third kappa shape index (κ3) is 3.48. The zero-order valence-corrected chi connectivity index (χ0v) is 17.2. The van der Waals surface area contributed by atoms with Crippen LogP contribution in [0.15, 0.2) is 35.5 Å². The van der Waals surface area contributed by atoms with E-state index < -0.39 is 0 Å². The number of thioether (sulfide) groups is 1. The van der Waals surface area contributed by atoms with E-state index in [9.17, 15) is 10.1 Å². The third-order valence-corrected chi connectivity index (χ3v) is 6.48. The number of carbonyl (C=O) groups excluding carboxylic acids is 1. The molecule has 2 aliphatic rings. The van der Waals surface area contributed by atoms with E-state index in [1.807, 2.05) is 34.9 Å². The van der Waals surface area contributed by atoms with Crippen LogP contribution in [0.4, 0.5) is 5.82 Å². The van der Waals surface area contributed by atoms with E-state index in [2.05, 4.69) is 26.9 Å². The molecule has 2 heterocycles. The van der Waals surface area contributed by atoms with Gasteiger partial charge in [-0.15, -0.1) is 5.10 Å². The van der Waals surface area contributed by atoms with E-state index in [0.29, 0.717) is 22.6 Å². The molecule has 30 heavy (non-hydrogen) atoms. The highest BCUT2D eigenvalue weighted by Gasteiger charge is 2.29. The summed E-state index contributed by atoms with van der Waals surface area (Å²) in [5, 5.41) is 25.3. The van der Waals surface area contributed by atoms with Crippen molar-refractivity contribution in [3.63, 3.8) is 0 Å². The third-order valence-electron chi connectivity index (χ3n) is 5.54. The van der Waals surface area contributed by atoms with Crippen LogP contribution < -0.4 is 5.32 Å². The summed E-state index contributed by atoms with van der Waals surface area (Å²) >= 11 is 1.32. The summed E-state index contributed by atoms with van der Waals surface area (Å²) in [5.41, 5.74) is 3.73. The second kappa shape index (κ2) is 7.95. The number of nitrogens with one attached hydrogen (secondary N) is 1. The number of anilines is 1. The van der Waals surface area contributed by atoms with Gasteiger partial charge < -0.3 is 5.32 Å². The monoisotopic (exact) mass is 419 g/mol. The molecule has 0 unspecified atom stereocenters. The molecule has 0 atom stereocenters. The lowest BCUT2D eigenvalue weighted by atomic mass is 9.95. The summed E-state index contributed by atoms with van der Waals surface area (Å²) in [6, 6.07) is 12.6. The van der Waals surface area contributed by atoms with E-state index in [1.165, 1.54) is 11.8 Å². The molecular weight excluding hydrogens is 398 g/mol. The van der Waals surface area contributed by atoms with Crippen LogP contribution in [0, 0.1) is 11.3 Å². The number of hydrogen-bond acceptors (Lipinski definition) is 6. The van der Waals surface area contributed by atoms with Crippen LogP contribution in [0.2, 0.25) is 0 Å². The number of benzene rings is 1. The number of nitrogens with zero attached hydrogens (tertiary/aromatic N) is 6. The maximum Gasteiger partial charge on any atom is 0.236 e. The fraction of sp³-hybridized carbons (Fsp3) is 0.381. The van der Waals surface area contributed by atoms with Gasteiger partial charge in [0.25, 0.3) is 0 Å². The lowest BCUT2D eigenvalue weighted by Gasteiger charge is -2.17. The first kappa shape index (κ1) is 18.9. The first-order valence-electron chi connectivity index (χ1n) is 10.2. The van der Waals surface area contributed by atoms with Crippen molar-refractivity contribution in [3.05, 3.63) is 47.2 Å². The van der Waals surface area contributed by atoms with Gasteiger partial charge in [-0.1, -0.05) is 30.0 Å². The van der Waals surface area contributed by atoms with E-state index in [-0.39, 0.29) is 11.7 Å². The molecule has 3 aromatic rings. The van der Waals surface area contributed by atoms with Crippen LogP contribution in [0.1, 0.15) is 48.5 Å². The van der Waals surface area contributed by atoms with Gasteiger partial charge in [-0.25, -0.2) is 4.68 Å². The number of aromatic nitrogens is 5. The zero-order chi connectivity index (χ0) is 20.5. The quantitative estimate of drug-likeness (QED) is 0.615. The highest BCUT2D eigenvalue weighted by molar-refractivity contribution is 7.99. The number of carbonyl (C=O) groups is 1. The Kier molecular flexibility index (Phi) is 5.01. The van der Waals surface area contributed by atoms with Crippen molar-refractivity contribution in [2.45, 2.75) is 49.7 Å². The summed E-state index contributed by atoms with van der Waals surface area (Å²) in [6.45, 7) is 0. The largest absolute Gasteiger partial charge is 0.310 e. The topological polar surface area (TPSA) is 101 Å². The number of para-hydroxylation sites is 1. The van der Waals surface area contributed by atoms with Gasteiger partial charge in [0.1, 0.15) is 11.9 Å². The lowest BCUT2D eigenvalue weighted by molar-refractivity contribution is -0.113. The Labute approximate surface area is 178 Å². The second-order valence-electron chi connectivity index (χ2n) is 7.61. The number of hydrogen-bond donors (Lipinski definition) is 1. The lowest BCUT2D eigenvalue weighted by Crippen LogP contribution is -2.18. The highest BCUT2D eigenvalue weighted by Crippen LogP contribution is 2.37.